The van der Waals surface area contributed by atoms with E-state index in [4.69, 9.17) is 4.74 Å². The molecule has 2 saturated heterocycles. The van der Waals surface area contributed by atoms with E-state index in [9.17, 15) is 14.4 Å². The summed E-state index contributed by atoms with van der Waals surface area (Å²) < 4.78 is 5.62. The second kappa shape index (κ2) is 8.27. The maximum atomic E-state index is 12.6. The van der Waals surface area contributed by atoms with Crippen LogP contribution < -0.4 is 10.1 Å². The van der Waals surface area contributed by atoms with Gasteiger partial charge in [0.1, 0.15) is 5.75 Å². The first-order valence-electron chi connectivity index (χ1n) is 10.4. The van der Waals surface area contributed by atoms with Gasteiger partial charge in [0.25, 0.3) is 0 Å². The summed E-state index contributed by atoms with van der Waals surface area (Å²) in [7, 11) is 0. The van der Waals surface area contributed by atoms with E-state index in [-0.39, 0.29) is 35.7 Å². The van der Waals surface area contributed by atoms with E-state index >= 15 is 0 Å². The number of carbonyl (C=O) groups is 3. The first-order valence-corrected chi connectivity index (χ1v) is 10.4. The third kappa shape index (κ3) is 3.86. The Hall–Kier alpha value is -2.83. The lowest BCUT2D eigenvalue weighted by atomic mass is 9.85. The van der Waals surface area contributed by atoms with Crippen molar-refractivity contribution in [3.8, 4) is 5.75 Å². The molecule has 1 aromatic carbocycles. The highest BCUT2D eigenvalue weighted by Crippen LogP contribution is 2.37. The number of amides is 4. The summed E-state index contributed by atoms with van der Waals surface area (Å²) in [5, 5.41) is 2.85. The Morgan fingerprint density at radius 3 is 2.28 bits per heavy atom. The molecule has 1 aromatic rings. The normalized spacial score (nSPS) is 23.8. The molecule has 7 nitrogen and oxygen atoms in total. The Bertz CT molecular complexity index is 788. The van der Waals surface area contributed by atoms with Crippen LogP contribution in [0.1, 0.15) is 32.6 Å². The zero-order valence-electron chi connectivity index (χ0n) is 16.7. The molecule has 1 aliphatic carbocycles. The van der Waals surface area contributed by atoms with Crippen LogP contribution in [0.3, 0.4) is 0 Å². The van der Waals surface area contributed by atoms with Crippen molar-refractivity contribution in [3.05, 3.63) is 36.4 Å². The molecule has 29 heavy (non-hydrogen) atoms. The molecule has 0 bridgehead atoms. The van der Waals surface area contributed by atoms with Crippen LogP contribution in [0.25, 0.3) is 0 Å². The van der Waals surface area contributed by atoms with Crippen molar-refractivity contribution >= 4 is 23.5 Å². The molecule has 4 amide bonds. The van der Waals surface area contributed by atoms with Crippen molar-refractivity contribution in [2.75, 3.05) is 25.0 Å². The highest BCUT2D eigenvalue weighted by molar-refractivity contribution is 6.06. The SMILES string of the molecule is CCCCOc1ccc(NC(=O)N2CC(N3C(=O)C4CC=CCC4C3=O)C2)cc1. The summed E-state index contributed by atoms with van der Waals surface area (Å²) in [5.41, 5.74) is 0.687. The number of hydrogen-bond acceptors (Lipinski definition) is 4. The minimum absolute atomic E-state index is 0.0759. The van der Waals surface area contributed by atoms with Gasteiger partial charge in [0.15, 0.2) is 0 Å². The van der Waals surface area contributed by atoms with Crippen molar-refractivity contribution < 1.29 is 19.1 Å². The van der Waals surface area contributed by atoms with Crippen LogP contribution in [0.2, 0.25) is 0 Å². The lowest BCUT2D eigenvalue weighted by Crippen LogP contribution is -2.63. The Balaban J connectivity index is 1.27. The van der Waals surface area contributed by atoms with E-state index < -0.39 is 0 Å². The Morgan fingerprint density at radius 2 is 1.69 bits per heavy atom. The van der Waals surface area contributed by atoms with E-state index in [1.807, 2.05) is 36.4 Å². The van der Waals surface area contributed by atoms with Crippen molar-refractivity contribution in [1.82, 2.24) is 9.80 Å². The lowest BCUT2D eigenvalue weighted by molar-refractivity contribution is -0.145. The van der Waals surface area contributed by atoms with Gasteiger partial charge >= 0.3 is 6.03 Å². The molecule has 4 rings (SSSR count). The van der Waals surface area contributed by atoms with Crippen molar-refractivity contribution in [3.63, 3.8) is 0 Å². The van der Waals surface area contributed by atoms with Crippen LogP contribution >= 0.6 is 0 Å². The molecule has 2 unspecified atom stereocenters. The fraction of sp³-hybridized carbons (Fsp3) is 0.500. The number of likely N-dealkylation sites (tertiary alicyclic amines) is 2. The molecular formula is C22H27N3O4. The number of carbonyl (C=O) groups excluding carboxylic acids is 3. The number of hydrogen-bond donors (Lipinski definition) is 1. The highest BCUT2D eigenvalue weighted by Gasteiger charge is 2.52. The molecule has 2 atom stereocenters. The number of rotatable bonds is 6. The first kappa shape index (κ1) is 19.5. The Kier molecular flexibility index (Phi) is 5.56. The maximum Gasteiger partial charge on any atom is 0.321 e. The topological polar surface area (TPSA) is 79.0 Å². The number of allylic oxidation sites excluding steroid dienone is 2. The van der Waals surface area contributed by atoms with Crippen LogP contribution in [0.5, 0.6) is 5.75 Å². The van der Waals surface area contributed by atoms with Crippen molar-refractivity contribution in [2.24, 2.45) is 11.8 Å². The number of anilines is 1. The fourth-order valence-electron chi connectivity index (χ4n) is 4.14. The van der Waals surface area contributed by atoms with E-state index in [1.54, 1.807) is 4.90 Å². The fourth-order valence-corrected chi connectivity index (χ4v) is 4.14. The third-order valence-corrected chi connectivity index (χ3v) is 5.93. The number of unbranched alkanes of at least 4 members (excludes halogenated alkanes) is 1. The Labute approximate surface area is 170 Å². The number of benzene rings is 1. The zero-order valence-corrected chi connectivity index (χ0v) is 16.7. The molecule has 3 aliphatic rings. The van der Waals surface area contributed by atoms with Gasteiger partial charge in [-0.05, 0) is 43.5 Å². The minimum atomic E-state index is -0.223. The maximum absolute atomic E-state index is 12.6. The average Bonchev–Trinajstić information content (AvgIpc) is 2.94. The van der Waals surface area contributed by atoms with Gasteiger partial charge in [-0.25, -0.2) is 4.79 Å². The summed E-state index contributed by atoms with van der Waals surface area (Å²) in [5.74, 6) is 0.200. The molecule has 2 fully saturated rings. The molecular weight excluding hydrogens is 370 g/mol. The average molecular weight is 397 g/mol. The van der Waals surface area contributed by atoms with Gasteiger partial charge in [-0.15, -0.1) is 0 Å². The molecule has 0 radical (unpaired) electrons. The number of nitrogens with zero attached hydrogens (tertiary/aromatic N) is 2. The largest absolute Gasteiger partial charge is 0.494 e. The van der Waals surface area contributed by atoms with Gasteiger partial charge in [0.05, 0.1) is 24.5 Å². The molecule has 2 heterocycles. The molecule has 0 spiro atoms. The number of nitrogens with one attached hydrogen (secondary N) is 1. The van der Waals surface area contributed by atoms with E-state index in [1.165, 1.54) is 4.90 Å². The number of fused-ring (bicyclic) bond motifs is 1. The lowest BCUT2D eigenvalue weighted by Gasteiger charge is -2.43. The van der Waals surface area contributed by atoms with Gasteiger partial charge in [-0.2, -0.15) is 0 Å². The van der Waals surface area contributed by atoms with Crippen LogP contribution in [-0.2, 0) is 9.59 Å². The molecule has 1 N–H and O–H groups in total. The van der Waals surface area contributed by atoms with Gasteiger partial charge in [0.2, 0.25) is 11.8 Å². The molecule has 0 saturated carbocycles. The smallest absolute Gasteiger partial charge is 0.321 e. The monoisotopic (exact) mass is 397 g/mol. The number of imide groups is 1. The Morgan fingerprint density at radius 1 is 1.07 bits per heavy atom. The third-order valence-electron chi connectivity index (χ3n) is 5.93. The highest BCUT2D eigenvalue weighted by atomic mass is 16.5. The number of ether oxygens (including phenoxy) is 1. The molecule has 2 aliphatic heterocycles. The van der Waals surface area contributed by atoms with E-state index in [2.05, 4.69) is 12.2 Å². The second-order valence-corrected chi connectivity index (χ2v) is 7.92. The van der Waals surface area contributed by atoms with Gasteiger partial charge in [-0.3, -0.25) is 14.5 Å². The summed E-state index contributed by atoms with van der Waals surface area (Å²) in [6.45, 7) is 3.56. The molecule has 7 heteroatoms. The minimum Gasteiger partial charge on any atom is -0.494 e. The summed E-state index contributed by atoms with van der Waals surface area (Å²) in [6, 6.07) is 6.85. The number of urea groups is 1. The summed E-state index contributed by atoms with van der Waals surface area (Å²) >= 11 is 0. The predicted molar refractivity (Wildman–Crippen MR) is 108 cm³/mol. The first-order chi connectivity index (χ1) is 14.1. The second-order valence-electron chi connectivity index (χ2n) is 7.92. The van der Waals surface area contributed by atoms with Crippen LogP contribution in [0, 0.1) is 11.8 Å². The standard InChI is InChI=1S/C22H27N3O4/c1-2-3-12-29-17-10-8-15(9-11-17)23-22(28)24-13-16(14-24)25-20(26)18-6-4-5-7-19(18)21(25)27/h4-5,8-11,16,18-19H,2-3,6-7,12-14H2,1H3,(H,23,28). The summed E-state index contributed by atoms with van der Waals surface area (Å²) in [4.78, 5) is 40.7. The zero-order chi connectivity index (χ0) is 20.4. The van der Waals surface area contributed by atoms with Crippen LogP contribution in [0.4, 0.5) is 10.5 Å². The van der Waals surface area contributed by atoms with Crippen LogP contribution in [-0.4, -0.2) is 53.4 Å². The van der Waals surface area contributed by atoms with Crippen LogP contribution in [0.15, 0.2) is 36.4 Å². The predicted octanol–water partition coefficient (Wildman–Crippen LogP) is 3.03. The quantitative estimate of drug-likeness (QED) is 0.455. The van der Waals surface area contributed by atoms with E-state index in [0.29, 0.717) is 38.2 Å². The molecule has 0 aromatic heterocycles. The van der Waals surface area contributed by atoms with Crippen molar-refractivity contribution in [2.45, 2.75) is 38.6 Å². The molecule has 154 valence electrons. The van der Waals surface area contributed by atoms with Crippen molar-refractivity contribution in [1.29, 1.82) is 0 Å². The van der Waals surface area contributed by atoms with Gasteiger partial charge in [-0.1, -0.05) is 25.5 Å². The summed E-state index contributed by atoms with van der Waals surface area (Å²) in [6.07, 6.45) is 7.33. The van der Waals surface area contributed by atoms with Gasteiger partial charge < -0.3 is 15.0 Å². The van der Waals surface area contributed by atoms with Gasteiger partial charge in [0, 0.05) is 18.8 Å². The van der Waals surface area contributed by atoms with E-state index in [0.717, 1.165) is 18.6 Å².